The van der Waals surface area contributed by atoms with Gasteiger partial charge >= 0.3 is 0 Å². The fraction of sp³-hybridized carbons (Fsp3) is 0.125. The molecule has 0 aliphatic carbocycles. The summed E-state index contributed by atoms with van der Waals surface area (Å²) in [5, 5.41) is 3.37. The van der Waals surface area contributed by atoms with E-state index in [4.69, 9.17) is 4.74 Å². The van der Waals surface area contributed by atoms with Crippen LogP contribution in [0.1, 0.15) is 5.56 Å². The number of ether oxygens (including phenoxy) is 1. The molecule has 98 valence electrons. The Hall–Kier alpha value is -1.74. The zero-order chi connectivity index (χ0) is 13.5. The first-order valence-corrected chi connectivity index (χ1v) is 6.90. The van der Waals surface area contributed by atoms with Gasteiger partial charge in [-0.1, -0.05) is 36.9 Å². The van der Waals surface area contributed by atoms with Crippen LogP contribution in [0.5, 0.6) is 5.75 Å². The second-order valence-corrected chi connectivity index (χ2v) is 4.94. The topological polar surface area (TPSA) is 21.3 Å². The molecule has 0 spiro atoms. The van der Waals surface area contributed by atoms with Crippen LogP contribution in [0.25, 0.3) is 0 Å². The maximum atomic E-state index is 5.52. The molecular formula is C16H16BrNO. The molecule has 3 heteroatoms. The summed E-state index contributed by atoms with van der Waals surface area (Å²) in [5.41, 5.74) is 2.31. The minimum Gasteiger partial charge on any atom is -0.488 e. The first-order chi connectivity index (χ1) is 9.29. The van der Waals surface area contributed by atoms with Gasteiger partial charge in [0.05, 0.1) is 4.47 Å². The van der Waals surface area contributed by atoms with Crippen LogP contribution in [0.2, 0.25) is 0 Å². The fourth-order valence-corrected chi connectivity index (χ4v) is 2.22. The summed E-state index contributed by atoms with van der Waals surface area (Å²) in [6.45, 7) is 4.93. The molecule has 19 heavy (non-hydrogen) atoms. The summed E-state index contributed by atoms with van der Waals surface area (Å²) in [6, 6.07) is 16.2. The van der Waals surface area contributed by atoms with Crippen molar-refractivity contribution in [1.82, 2.24) is 0 Å². The number of halogens is 1. The third kappa shape index (κ3) is 4.14. The summed E-state index contributed by atoms with van der Waals surface area (Å²) in [7, 11) is 0. The molecule has 2 aromatic carbocycles. The molecule has 0 unspecified atom stereocenters. The van der Waals surface area contributed by atoms with E-state index in [1.54, 1.807) is 6.08 Å². The lowest BCUT2D eigenvalue weighted by atomic mass is 10.2. The number of rotatable bonds is 6. The third-order valence-corrected chi connectivity index (χ3v) is 3.24. The predicted molar refractivity (Wildman–Crippen MR) is 83.6 cm³/mol. The molecular weight excluding hydrogens is 302 g/mol. The monoisotopic (exact) mass is 317 g/mol. The largest absolute Gasteiger partial charge is 0.488 e. The van der Waals surface area contributed by atoms with Crippen LogP contribution in [0.3, 0.4) is 0 Å². The fourth-order valence-electron chi connectivity index (χ4n) is 1.68. The summed E-state index contributed by atoms with van der Waals surface area (Å²) >= 11 is 3.52. The van der Waals surface area contributed by atoms with Gasteiger partial charge in [-0.15, -0.1) is 0 Å². The number of anilines is 1. The number of benzene rings is 2. The quantitative estimate of drug-likeness (QED) is 0.784. The highest BCUT2D eigenvalue weighted by Gasteiger charge is 2.02. The molecule has 0 atom stereocenters. The van der Waals surface area contributed by atoms with Crippen molar-refractivity contribution in [1.29, 1.82) is 0 Å². The molecule has 2 rings (SSSR count). The SMILES string of the molecule is C=CCOc1ccc(CNc2ccccc2)cc1Br. The van der Waals surface area contributed by atoms with E-state index in [-0.39, 0.29) is 0 Å². The number of hydrogen-bond donors (Lipinski definition) is 1. The van der Waals surface area contributed by atoms with Gasteiger partial charge in [-0.25, -0.2) is 0 Å². The maximum absolute atomic E-state index is 5.52. The number of para-hydroxylation sites is 1. The zero-order valence-corrected chi connectivity index (χ0v) is 12.2. The summed E-state index contributed by atoms with van der Waals surface area (Å²) in [5.74, 6) is 0.836. The minimum absolute atomic E-state index is 0.514. The van der Waals surface area contributed by atoms with Crippen LogP contribution >= 0.6 is 15.9 Å². The van der Waals surface area contributed by atoms with Crippen molar-refractivity contribution in [3.63, 3.8) is 0 Å². The van der Waals surface area contributed by atoms with Gasteiger partial charge in [-0.2, -0.15) is 0 Å². The standard InChI is InChI=1S/C16H16BrNO/c1-2-10-19-16-9-8-13(11-15(16)17)12-18-14-6-4-3-5-7-14/h2-9,11,18H,1,10,12H2. The van der Waals surface area contributed by atoms with E-state index in [1.807, 2.05) is 24.3 Å². The number of hydrogen-bond acceptors (Lipinski definition) is 2. The molecule has 0 aliphatic rings. The Kier molecular flexibility index (Phi) is 5.04. The van der Waals surface area contributed by atoms with Crippen LogP contribution in [-0.2, 0) is 6.54 Å². The van der Waals surface area contributed by atoms with Crippen molar-refractivity contribution in [3.8, 4) is 5.75 Å². The second kappa shape index (κ2) is 7.00. The van der Waals surface area contributed by atoms with Gasteiger partial charge in [0, 0.05) is 12.2 Å². The molecule has 0 aromatic heterocycles. The Morgan fingerprint density at radius 3 is 2.63 bits per heavy atom. The summed E-state index contributed by atoms with van der Waals surface area (Å²) in [4.78, 5) is 0. The first kappa shape index (κ1) is 13.7. The zero-order valence-electron chi connectivity index (χ0n) is 10.6. The van der Waals surface area contributed by atoms with Crippen LogP contribution in [0.15, 0.2) is 65.7 Å². The lowest BCUT2D eigenvalue weighted by Crippen LogP contribution is -2.00. The van der Waals surface area contributed by atoms with Crippen molar-refractivity contribution < 1.29 is 4.74 Å². The summed E-state index contributed by atoms with van der Waals surface area (Å²) in [6.07, 6.45) is 1.73. The van der Waals surface area contributed by atoms with Gasteiger partial charge in [0.25, 0.3) is 0 Å². The molecule has 2 aromatic rings. The highest BCUT2D eigenvalue weighted by molar-refractivity contribution is 9.10. The van der Waals surface area contributed by atoms with Gasteiger partial charge in [0.15, 0.2) is 0 Å². The summed E-state index contributed by atoms with van der Waals surface area (Å²) < 4.78 is 6.48. The average molecular weight is 318 g/mol. The molecule has 0 saturated carbocycles. The Balaban J connectivity index is 1.98. The molecule has 0 amide bonds. The van der Waals surface area contributed by atoms with Crippen molar-refractivity contribution in [2.45, 2.75) is 6.54 Å². The van der Waals surface area contributed by atoms with Crippen molar-refractivity contribution in [3.05, 3.63) is 71.2 Å². The van der Waals surface area contributed by atoms with Crippen molar-refractivity contribution >= 4 is 21.6 Å². The average Bonchev–Trinajstić information content (AvgIpc) is 2.45. The highest BCUT2D eigenvalue weighted by Crippen LogP contribution is 2.26. The van der Waals surface area contributed by atoms with Gasteiger partial charge < -0.3 is 10.1 Å². The van der Waals surface area contributed by atoms with E-state index >= 15 is 0 Å². The normalized spacial score (nSPS) is 9.95. The predicted octanol–water partition coefficient (Wildman–Crippen LogP) is 4.63. The van der Waals surface area contributed by atoms with E-state index in [9.17, 15) is 0 Å². The molecule has 0 aliphatic heterocycles. The third-order valence-electron chi connectivity index (χ3n) is 2.62. The molecule has 1 N–H and O–H groups in total. The molecule has 0 radical (unpaired) electrons. The molecule has 0 fully saturated rings. The van der Waals surface area contributed by atoms with E-state index in [1.165, 1.54) is 5.56 Å². The van der Waals surface area contributed by atoms with Crippen LogP contribution < -0.4 is 10.1 Å². The molecule has 0 bridgehead atoms. The van der Waals surface area contributed by atoms with E-state index in [2.05, 4.69) is 52.1 Å². The Morgan fingerprint density at radius 1 is 1.16 bits per heavy atom. The Morgan fingerprint density at radius 2 is 1.95 bits per heavy atom. The maximum Gasteiger partial charge on any atom is 0.133 e. The van der Waals surface area contributed by atoms with Crippen molar-refractivity contribution in [2.75, 3.05) is 11.9 Å². The lowest BCUT2D eigenvalue weighted by molar-refractivity contribution is 0.361. The van der Waals surface area contributed by atoms with Gasteiger partial charge in [-0.3, -0.25) is 0 Å². The molecule has 0 saturated heterocycles. The van der Waals surface area contributed by atoms with Gasteiger partial charge in [0.1, 0.15) is 12.4 Å². The number of nitrogens with one attached hydrogen (secondary N) is 1. The Labute approximate surface area is 122 Å². The van der Waals surface area contributed by atoms with Crippen LogP contribution in [0, 0.1) is 0 Å². The smallest absolute Gasteiger partial charge is 0.133 e. The van der Waals surface area contributed by atoms with Crippen LogP contribution in [0.4, 0.5) is 5.69 Å². The van der Waals surface area contributed by atoms with Gasteiger partial charge in [-0.05, 0) is 45.8 Å². The van der Waals surface area contributed by atoms with E-state index < -0.39 is 0 Å². The lowest BCUT2D eigenvalue weighted by Gasteiger charge is -2.10. The van der Waals surface area contributed by atoms with E-state index in [0.29, 0.717) is 6.61 Å². The molecule has 2 nitrogen and oxygen atoms in total. The van der Waals surface area contributed by atoms with Crippen LogP contribution in [-0.4, -0.2) is 6.61 Å². The van der Waals surface area contributed by atoms with Crippen molar-refractivity contribution in [2.24, 2.45) is 0 Å². The Bertz CT molecular complexity index is 540. The minimum atomic E-state index is 0.514. The van der Waals surface area contributed by atoms with Gasteiger partial charge in [0.2, 0.25) is 0 Å². The second-order valence-electron chi connectivity index (χ2n) is 4.08. The molecule has 0 heterocycles. The highest BCUT2D eigenvalue weighted by atomic mass is 79.9. The first-order valence-electron chi connectivity index (χ1n) is 6.10. The van der Waals surface area contributed by atoms with E-state index in [0.717, 1.165) is 22.5 Å².